The van der Waals surface area contributed by atoms with Crippen molar-refractivity contribution in [3.05, 3.63) is 29.8 Å². The van der Waals surface area contributed by atoms with Crippen LogP contribution in [0.25, 0.3) is 0 Å². The van der Waals surface area contributed by atoms with Gasteiger partial charge in [0.15, 0.2) is 0 Å². The maximum Gasteiger partial charge on any atom is 0.284 e. The Morgan fingerprint density at radius 1 is 1.10 bits per heavy atom. The van der Waals surface area contributed by atoms with Crippen molar-refractivity contribution < 1.29 is 14.4 Å². The van der Waals surface area contributed by atoms with Crippen molar-refractivity contribution in [1.29, 1.82) is 0 Å². The van der Waals surface area contributed by atoms with E-state index < -0.39 is 17.9 Å². The molecule has 0 bridgehead atoms. The smallest absolute Gasteiger partial charge is 0.284 e. The Kier molecular flexibility index (Phi) is 6.23. The molecule has 1 rings (SSSR count). The highest BCUT2D eigenvalue weighted by Crippen LogP contribution is 2.23. The lowest BCUT2D eigenvalue weighted by Gasteiger charge is -2.13. The average molecular weight is 309 g/mol. The highest BCUT2D eigenvalue weighted by molar-refractivity contribution is 8.13. The topological polar surface area (TPSA) is 101 Å². The molecule has 3 amide bonds. The highest BCUT2D eigenvalue weighted by Gasteiger charge is 2.18. The van der Waals surface area contributed by atoms with Gasteiger partial charge in [-0.15, -0.1) is 0 Å². The van der Waals surface area contributed by atoms with E-state index >= 15 is 0 Å². The third kappa shape index (κ3) is 5.47. The Balaban J connectivity index is 2.86. The van der Waals surface area contributed by atoms with Crippen LogP contribution in [0.1, 0.15) is 31.1 Å². The van der Waals surface area contributed by atoms with Gasteiger partial charge >= 0.3 is 0 Å². The molecule has 4 N–H and O–H groups in total. The molecule has 0 aliphatic carbocycles. The first kappa shape index (κ1) is 17.0. The fourth-order valence-corrected chi connectivity index (χ4v) is 2.37. The van der Waals surface area contributed by atoms with Gasteiger partial charge in [0.25, 0.3) is 11.1 Å². The molecule has 0 aliphatic heterocycles. The fourth-order valence-electron chi connectivity index (χ4n) is 1.45. The van der Waals surface area contributed by atoms with Crippen LogP contribution in [0.2, 0.25) is 0 Å². The van der Waals surface area contributed by atoms with Crippen molar-refractivity contribution in [2.75, 3.05) is 0 Å². The molecule has 7 heteroatoms. The monoisotopic (exact) mass is 309 g/mol. The standard InChI is InChI=1S/C14H19N3O3S/c1-8(2)16-14(20)21-11-7-5-4-6-10(11)13(19)17-9(3)12(15)18/h4-9H,1-3H3,(H2,15,18)(H,16,20)(H,17,19)/t9-/m1/s1. The van der Waals surface area contributed by atoms with Crippen LogP contribution in [0.3, 0.4) is 0 Å². The van der Waals surface area contributed by atoms with E-state index in [-0.39, 0.29) is 11.3 Å². The van der Waals surface area contributed by atoms with Gasteiger partial charge in [-0.05, 0) is 44.7 Å². The predicted octanol–water partition coefficient (Wildman–Crippen LogP) is 1.50. The minimum atomic E-state index is -0.778. The summed E-state index contributed by atoms with van der Waals surface area (Å²) in [5, 5.41) is 4.98. The number of carbonyl (C=O) groups excluding carboxylic acids is 3. The van der Waals surface area contributed by atoms with Crippen LogP contribution < -0.4 is 16.4 Å². The van der Waals surface area contributed by atoms with Crippen LogP contribution in [-0.4, -0.2) is 29.1 Å². The Morgan fingerprint density at radius 2 is 1.71 bits per heavy atom. The van der Waals surface area contributed by atoms with E-state index in [1.165, 1.54) is 6.92 Å². The third-order valence-electron chi connectivity index (χ3n) is 2.52. The van der Waals surface area contributed by atoms with Gasteiger partial charge in [-0.3, -0.25) is 14.4 Å². The maximum atomic E-state index is 12.1. The Bertz CT molecular complexity index is 546. The molecule has 1 aromatic rings. The molecule has 6 nitrogen and oxygen atoms in total. The average Bonchev–Trinajstić information content (AvgIpc) is 2.37. The number of amides is 3. The van der Waals surface area contributed by atoms with Crippen LogP contribution in [0.15, 0.2) is 29.2 Å². The molecule has 0 fully saturated rings. The quantitative estimate of drug-likeness (QED) is 0.717. The fraction of sp³-hybridized carbons (Fsp3) is 0.357. The summed E-state index contributed by atoms with van der Waals surface area (Å²) < 4.78 is 0. The Hall–Kier alpha value is -2.02. The Labute approximate surface area is 127 Å². The first-order valence-corrected chi connectivity index (χ1v) is 7.30. The van der Waals surface area contributed by atoms with E-state index in [9.17, 15) is 14.4 Å². The van der Waals surface area contributed by atoms with Crippen LogP contribution >= 0.6 is 11.8 Å². The molecule has 1 atom stereocenters. The normalized spacial score (nSPS) is 11.8. The molecule has 0 saturated heterocycles. The SMILES string of the molecule is CC(C)NC(=O)Sc1ccccc1C(=O)N[C@H](C)C(N)=O. The molecular formula is C14H19N3O3S. The number of rotatable bonds is 5. The zero-order chi connectivity index (χ0) is 16.0. The van der Waals surface area contributed by atoms with Gasteiger partial charge in [-0.2, -0.15) is 0 Å². The first-order valence-electron chi connectivity index (χ1n) is 6.48. The number of thioether (sulfide) groups is 1. The third-order valence-corrected chi connectivity index (χ3v) is 3.39. The van der Waals surface area contributed by atoms with Crippen molar-refractivity contribution in [1.82, 2.24) is 10.6 Å². The number of hydrogen-bond donors (Lipinski definition) is 3. The van der Waals surface area contributed by atoms with Crippen LogP contribution in [0.5, 0.6) is 0 Å². The zero-order valence-electron chi connectivity index (χ0n) is 12.2. The summed E-state index contributed by atoms with van der Waals surface area (Å²) in [6.45, 7) is 5.21. The lowest BCUT2D eigenvalue weighted by Crippen LogP contribution is -2.42. The molecule has 0 unspecified atom stereocenters. The Morgan fingerprint density at radius 3 is 2.29 bits per heavy atom. The molecule has 0 radical (unpaired) electrons. The van der Waals surface area contributed by atoms with Crippen molar-refractivity contribution in [2.45, 2.75) is 37.8 Å². The van der Waals surface area contributed by atoms with Crippen molar-refractivity contribution in [2.24, 2.45) is 5.73 Å². The number of hydrogen-bond acceptors (Lipinski definition) is 4. The number of nitrogens with two attached hydrogens (primary N) is 1. The van der Waals surface area contributed by atoms with E-state index in [1.54, 1.807) is 24.3 Å². The number of carbonyl (C=O) groups is 3. The van der Waals surface area contributed by atoms with E-state index in [4.69, 9.17) is 5.73 Å². The summed E-state index contributed by atoms with van der Waals surface area (Å²) in [4.78, 5) is 35.4. The molecule has 1 aromatic carbocycles. The van der Waals surface area contributed by atoms with Crippen LogP contribution in [-0.2, 0) is 4.79 Å². The summed E-state index contributed by atoms with van der Waals surface area (Å²) in [5.74, 6) is -1.06. The van der Waals surface area contributed by atoms with Gasteiger partial charge in [0.1, 0.15) is 6.04 Å². The molecule has 0 spiro atoms. The van der Waals surface area contributed by atoms with Crippen LogP contribution in [0, 0.1) is 0 Å². The maximum absolute atomic E-state index is 12.1. The molecule has 114 valence electrons. The number of primary amides is 1. The van der Waals surface area contributed by atoms with Gasteiger partial charge in [-0.25, -0.2) is 0 Å². The summed E-state index contributed by atoms with van der Waals surface area (Å²) in [7, 11) is 0. The van der Waals surface area contributed by atoms with E-state index in [1.807, 2.05) is 13.8 Å². The number of benzene rings is 1. The lowest BCUT2D eigenvalue weighted by molar-refractivity contribution is -0.119. The first-order chi connectivity index (χ1) is 9.81. The molecular weight excluding hydrogens is 290 g/mol. The van der Waals surface area contributed by atoms with Crippen molar-refractivity contribution >= 4 is 28.8 Å². The minimum absolute atomic E-state index is 0.0147. The van der Waals surface area contributed by atoms with Gasteiger partial charge in [0.05, 0.1) is 5.56 Å². The van der Waals surface area contributed by atoms with Crippen LogP contribution in [0.4, 0.5) is 4.79 Å². The summed E-state index contributed by atoms with van der Waals surface area (Å²) >= 11 is 0.935. The molecule has 0 aromatic heterocycles. The van der Waals surface area contributed by atoms with Crippen molar-refractivity contribution in [3.63, 3.8) is 0 Å². The highest BCUT2D eigenvalue weighted by atomic mass is 32.2. The summed E-state index contributed by atoms with van der Waals surface area (Å²) in [5.41, 5.74) is 5.44. The second-order valence-corrected chi connectivity index (χ2v) is 5.80. The predicted molar refractivity (Wildman–Crippen MR) is 82.1 cm³/mol. The van der Waals surface area contributed by atoms with E-state index in [0.29, 0.717) is 10.5 Å². The van der Waals surface area contributed by atoms with Gasteiger partial charge in [-0.1, -0.05) is 12.1 Å². The van der Waals surface area contributed by atoms with Crippen molar-refractivity contribution in [3.8, 4) is 0 Å². The molecule has 21 heavy (non-hydrogen) atoms. The minimum Gasteiger partial charge on any atom is -0.368 e. The lowest BCUT2D eigenvalue weighted by atomic mass is 10.2. The number of nitrogens with one attached hydrogen (secondary N) is 2. The summed E-state index contributed by atoms with van der Waals surface area (Å²) in [6.07, 6.45) is 0. The second kappa shape index (κ2) is 7.68. The largest absolute Gasteiger partial charge is 0.368 e. The van der Waals surface area contributed by atoms with E-state index in [0.717, 1.165) is 11.8 Å². The second-order valence-electron chi connectivity index (χ2n) is 4.78. The van der Waals surface area contributed by atoms with Gasteiger partial charge in [0, 0.05) is 10.9 Å². The molecule has 0 heterocycles. The van der Waals surface area contributed by atoms with Gasteiger partial charge < -0.3 is 16.4 Å². The van der Waals surface area contributed by atoms with Gasteiger partial charge in [0.2, 0.25) is 5.91 Å². The van der Waals surface area contributed by atoms with E-state index in [2.05, 4.69) is 10.6 Å². The summed E-state index contributed by atoms with van der Waals surface area (Å²) in [6, 6.07) is 5.93. The molecule has 0 saturated carbocycles. The molecule has 0 aliphatic rings. The zero-order valence-corrected chi connectivity index (χ0v) is 13.0.